The van der Waals surface area contributed by atoms with Crippen molar-refractivity contribution >= 4 is 11.7 Å². The maximum atomic E-state index is 12.2. The summed E-state index contributed by atoms with van der Waals surface area (Å²) in [5.74, 6) is 0.683. The molecule has 0 fully saturated rings. The van der Waals surface area contributed by atoms with Gasteiger partial charge < -0.3 is 15.5 Å². The highest BCUT2D eigenvalue weighted by Crippen LogP contribution is 2.07. The van der Waals surface area contributed by atoms with Crippen LogP contribution in [0.3, 0.4) is 0 Å². The Labute approximate surface area is 121 Å². The Hall–Kier alpha value is -1.62. The van der Waals surface area contributed by atoms with Crippen LogP contribution in [-0.2, 0) is 0 Å². The lowest BCUT2D eigenvalue weighted by atomic mass is 10.2. The van der Waals surface area contributed by atoms with Crippen molar-refractivity contribution in [2.75, 3.05) is 31.5 Å². The Morgan fingerprint density at radius 2 is 2.05 bits per heavy atom. The van der Waals surface area contributed by atoms with Crippen LogP contribution in [0, 0.1) is 0 Å². The van der Waals surface area contributed by atoms with E-state index in [1.165, 1.54) is 0 Å². The maximum Gasteiger partial charge on any atom is 0.251 e. The Kier molecular flexibility index (Phi) is 7.01. The van der Waals surface area contributed by atoms with E-state index < -0.39 is 0 Å². The third-order valence-electron chi connectivity index (χ3n) is 3.18. The maximum absolute atomic E-state index is 12.2. The van der Waals surface area contributed by atoms with Gasteiger partial charge in [0, 0.05) is 30.9 Å². The minimum absolute atomic E-state index is 0.0498. The molecule has 1 heterocycles. The molecule has 0 saturated heterocycles. The Morgan fingerprint density at radius 3 is 2.65 bits per heavy atom. The van der Waals surface area contributed by atoms with Gasteiger partial charge in [0.05, 0.1) is 0 Å². The molecule has 20 heavy (non-hydrogen) atoms. The van der Waals surface area contributed by atoms with Crippen molar-refractivity contribution in [3.8, 4) is 0 Å². The Balaban J connectivity index is 2.59. The van der Waals surface area contributed by atoms with Gasteiger partial charge in [0.1, 0.15) is 5.82 Å². The molecule has 0 saturated carbocycles. The SMILES string of the molecule is CCNc1cc(C(=O)NC(C)CN(CC)CC)ccn1. The molecule has 5 heteroatoms. The zero-order valence-electron chi connectivity index (χ0n) is 12.9. The quantitative estimate of drug-likeness (QED) is 0.763. The number of likely N-dealkylation sites (N-methyl/N-ethyl adjacent to an activating group) is 1. The van der Waals surface area contributed by atoms with Crippen molar-refractivity contribution in [2.45, 2.75) is 33.7 Å². The summed E-state index contributed by atoms with van der Waals surface area (Å²) in [6.45, 7) is 11.9. The summed E-state index contributed by atoms with van der Waals surface area (Å²) in [4.78, 5) is 18.6. The largest absolute Gasteiger partial charge is 0.370 e. The standard InChI is InChI=1S/C15H26N4O/c1-5-16-14-10-13(8-9-17-14)15(20)18-12(4)11-19(6-2)7-3/h8-10,12H,5-7,11H2,1-4H3,(H,16,17)(H,18,20). The number of nitrogens with one attached hydrogen (secondary N) is 2. The summed E-state index contributed by atoms with van der Waals surface area (Å²) >= 11 is 0. The highest BCUT2D eigenvalue weighted by atomic mass is 16.1. The molecule has 112 valence electrons. The predicted molar refractivity (Wildman–Crippen MR) is 83.1 cm³/mol. The Morgan fingerprint density at radius 1 is 1.35 bits per heavy atom. The van der Waals surface area contributed by atoms with E-state index in [0.29, 0.717) is 5.56 Å². The van der Waals surface area contributed by atoms with Crippen molar-refractivity contribution in [1.29, 1.82) is 0 Å². The molecule has 1 unspecified atom stereocenters. The van der Waals surface area contributed by atoms with E-state index in [0.717, 1.165) is 32.0 Å². The molecular formula is C15H26N4O. The van der Waals surface area contributed by atoms with Crippen LogP contribution in [0.15, 0.2) is 18.3 Å². The van der Waals surface area contributed by atoms with E-state index in [4.69, 9.17) is 0 Å². The fraction of sp³-hybridized carbons (Fsp3) is 0.600. The first kappa shape index (κ1) is 16.4. The molecule has 0 radical (unpaired) electrons. The lowest BCUT2D eigenvalue weighted by Crippen LogP contribution is -2.41. The summed E-state index contributed by atoms with van der Waals surface area (Å²) in [6.07, 6.45) is 1.65. The lowest BCUT2D eigenvalue weighted by Gasteiger charge is -2.23. The summed E-state index contributed by atoms with van der Waals surface area (Å²) in [5.41, 5.74) is 0.641. The van der Waals surface area contributed by atoms with Crippen LogP contribution < -0.4 is 10.6 Å². The van der Waals surface area contributed by atoms with Gasteiger partial charge in [-0.2, -0.15) is 0 Å². The fourth-order valence-corrected chi connectivity index (χ4v) is 2.07. The second kappa shape index (κ2) is 8.53. The monoisotopic (exact) mass is 278 g/mol. The van der Waals surface area contributed by atoms with E-state index >= 15 is 0 Å². The van der Waals surface area contributed by atoms with Gasteiger partial charge in [0.2, 0.25) is 0 Å². The lowest BCUT2D eigenvalue weighted by molar-refractivity contribution is 0.0930. The van der Waals surface area contributed by atoms with Crippen molar-refractivity contribution in [2.24, 2.45) is 0 Å². The smallest absolute Gasteiger partial charge is 0.251 e. The minimum Gasteiger partial charge on any atom is -0.370 e. The van der Waals surface area contributed by atoms with Gasteiger partial charge in [-0.25, -0.2) is 4.98 Å². The van der Waals surface area contributed by atoms with Gasteiger partial charge in [-0.3, -0.25) is 4.79 Å². The molecule has 0 spiro atoms. The van der Waals surface area contributed by atoms with Gasteiger partial charge in [-0.15, -0.1) is 0 Å². The first-order valence-corrected chi connectivity index (χ1v) is 7.33. The molecule has 0 aliphatic heterocycles. The molecule has 1 aromatic rings. The topological polar surface area (TPSA) is 57.3 Å². The molecule has 0 aliphatic rings. The number of hydrogen-bond donors (Lipinski definition) is 2. The van der Waals surface area contributed by atoms with E-state index in [1.54, 1.807) is 18.3 Å². The van der Waals surface area contributed by atoms with Crippen LogP contribution in [-0.4, -0.2) is 48.0 Å². The van der Waals surface area contributed by atoms with Crippen molar-refractivity contribution < 1.29 is 4.79 Å². The van der Waals surface area contributed by atoms with E-state index in [9.17, 15) is 4.79 Å². The molecule has 1 aromatic heterocycles. The summed E-state index contributed by atoms with van der Waals surface area (Å²) in [5, 5.41) is 6.14. The van der Waals surface area contributed by atoms with Gasteiger partial charge in [-0.1, -0.05) is 13.8 Å². The third kappa shape index (κ3) is 5.17. The number of rotatable bonds is 8. The number of anilines is 1. The van der Waals surface area contributed by atoms with Gasteiger partial charge >= 0.3 is 0 Å². The summed E-state index contributed by atoms with van der Waals surface area (Å²) < 4.78 is 0. The summed E-state index contributed by atoms with van der Waals surface area (Å²) in [7, 11) is 0. The molecule has 0 aromatic carbocycles. The molecule has 2 N–H and O–H groups in total. The van der Waals surface area contributed by atoms with Crippen molar-refractivity contribution in [3.05, 3.63) is 23.9 Å². The number of amides is 1. The van der Waals surface area contributed by atoms with E-state index in [-0.39, 0.29) is 11.9 Å². The van der Waals surface area contributed by atoms with Crippen LogP contribution in [0.2, 0.25) is 0 Å². The molecule has 0 bridgehead atoms. The van der Waals surface area contributed by atoms with Crippen LogP contribution >= 0.6 is 0 Å². The third-order valence-corrected chi connectivity index (χ3v) is 3.18. The van der Waals surface area contributed by atoms with Gasteiger partial charge in [0.25, 0.3) is 5.91 Å². The molecule has 0 aliphatic carbocycles. The number of carbonyl (C=O) groups is 1. The first-order chi connectivity index (χ1) is 9.60. The van der Waals surface area contributed by atoms with Gasteiger partial charge in [0.15, 0.2) is 0 Å². The highest BCUT2D eigenvalue weighted by molar-refractivity contribution is 5.94. The fourth-order valence-electron chi connectivity index (χ4n) is 2.07. The van der Waals surface area contributed by atoms with Crippen LogP contribution in [0.1, 0.15) is 38.1 Å². The number of pyridine rings is 1. The average molecular weight is 278 g/mol. The second-order valence-corrected chi connectivity index (χ2v) is 4.82. The van der Waals surface area contributed by atoms with Crippen molar-refractivity contribution in [1.82, 2.24) is 15.2 Å². The Bertz CT molecular complexity index is 418. The normalized spacial score (nSPS) is 12.2. The number of nitrogens with zero attached hydrogens (tertiary/aromatic N) is 2. The number of carbonyl (C=O) groups excluding carboxylic acids is 1. The zero-order chi connectivity index (χ0) is 15.0. The zero-order valence-corrected chi connectivity index (χ0v) is 12.9. The average Bonchev–Trinajstić information content (AvgIpc) is 2.45. The van der Waals surface area contributed by atoms with Crippen LogP contribution in [0.5, 0.6) is 0 Å². The molecule has 1 rings (SSSR count). The number of aromatic nitrogens is 1. The minimum atomic E-state index is -0.0498. The summed E-state index contributed by atoms with van der Waals surface area (Å²) in [6, 6.07) is 3.64. The molecular weight excluding hydrogens is 252 g/mol. The predicted octanol–water partition coefficient (Wildman–Crippen LogP) is 1.97. The van der Waals surface area contributed by atoms with Crippen LogP contribution in [0.25, 0.3) is 0 Å². The molecule has 1 amide bonds. The molecule has 1 atom stereocenters. The second-order valence-electron chi connectivity index (χ2n) is 4.82. The van der Waals surface area contributed by atoms with Gasteiger partial charge in [-0.05, 0) is 39.1 Å². The first-order valence-electron chi connectivity index (χ1n) is 7.33. The van der Waals surface area contributed by atoms with E-state index in [1.807, 2.05) is 13.8 Å². The highest BCUT2D eigenvalue weighted by Gasteiger charge is 2.12. The van der Waals surface area contributed by atoms with E-state index in [2.05, 4.69) is 34.4 Å². The van der Waals surface area contributed by atoms with Crippen molar-refractivity contribution in [3.63, 3.8) is 0 Å². The molecule has 5 nitrogen and oxygen atoms in total. The number of hydrogen-bond acceptors (Lipinski definition) is 4. The van der Waals surface area contributed by atoms with Crippen LogP contribution in [0.4, 0.5) is 5.82 Å².